The van der Waals surface area contributed by atoms with Gasteiger partial charge in [-0.25, -0.2) is 8.42 Å². The number of sulfone groups is 1. The molecule has 0 atom stereocenters. The van der Waals surface area contributed by atoms with Crippen LogP contribution < -0.4 is 5.32 Å². The summed E-state index contributed by atoms with van der Waals surface area (Å²) in [5.41, 5.74) is 4.24. The van der Waals surface area contributed by atoms with E-state index in [0.717, 1.165) is 33.7 Å². The number of nitrogens with zero attached hydrogens (tertiary/aromatic N) is 2. The van der Waals surface area contributed by atoms with Crippen molar-refractivity contribution in [2.24, 2.45) is 0 Å². The lowest BCUT2D eigenvalue weighted by atomic mass is 10.1. The van der Waals surface area contributed by atoms with Crippen LogP contribution in [0.25, 0.3) is 10.9 Å². The van der Waals surface area contributed by atoms with E-state index in [9.17, 15) is 8.42 Å². The summed E-state index contributed by atoms with van der Waals surface area (Å²) in [6.07, 6.45) is 1.70. The predicted molar refractivity (Wildman–Crippen MR) is 100 cm³/mol. The number of anilines is 2. The van der Waals surface area contributed by atoms with Crippen molar-refractivity contribution >= 4 is 32.2 Å². The molecule has 0 aliphatic rings. The molecule has 2 heterocycles. The van der Waals surface area contributed by atoms with Gasteiger partial charge in [0.25, 0.3) is 0 Å². The Labute approximate surface area is 147 Å². The first-order chi connectivity index (χ1) is 11.7. The number of aromatic amines is 1. The van der Waals surface area contributed by atoms with Crippen LogP contribution in [-0.4, -0.2) is 28.8 Å². The first-order valence-electron chi connectivity index (χ1n) is 8.13. The molecule has 25 heavy (non-hydrogen) atoms. The maximum Gasteiger partial charge on any atom is 0.180 e. The average molecular weight is 358 g/mol. The number of H-pyrrole nitrogens is 1. The van der Waals surface area contributed by atoms with E-state index >= 15 is 0 Å². The minimum atomic E-state index is -3.37. The van der Waals surface area contributed by atoms with Gasteiger partial charge in [-0.3, -0.25) is 10.1 Å². The van der Waals surface area contributed by atoms with Crippen LogP contribution in [0.3, 0.4) is 0 Å². The summed E-state index contributed by atoms with van der Waals surface area (Å²) in [5.74, 6) is 0.721. The van der Waals surface area contributed by atoms with Crippen molar-refractivity contribution in [3.8, 4) is 0 Å². The number of benzene rings is 1. The summed E-state index contributed by atoms with van der Waals surface area (Å²) in [5, 5.41) is 10.8. The Morgan fingerprint density at radius 3 is 2.48 bits per heavy atom. The molecular formula is C18H22N4O2S. The highest BCUT2D eigenvalue weighted by Crippen LogP contribution is 2.31. The lowest BCUT2D eigenvalue weighted by Crippen LogP contribution is -2.15. The fourth-order valence-electron chi connectivity index (χ4n) is 2.68. The first-order valence-corrected chi connectivity index (χ1v) is 9.68. The van der Waals surface area contributed by atoms with E-state index in [2.05, 4.69) is 20.5 Å². The Hall–Kier alpha value is -2.41. The van der Waals surface area contributed by atoms with Crippen molar-refractivity contribution in [2.75, 3.05) is 5.32 Å². The van der Waals surface area contributed by atoms with Crippen molar-refractivity contribution in [1.29, 1.82) is 0 Å². The van der Waals surface area contributed by atoms with E-state index in [1.807, 2.05) is 26.0 Å². The molecule has 2 N–H and O–H groups in total. The normalized spacial score (nSPS) is 12.1. The van der Waals surface area contributed by atoms with Crippen LogP contribution in [0, 0.1) is 20.8 Å². The number of rotatable bonds is 4. The van der Waals surface area contributed by atoms with Crippen LogP contribution in [0.4, 0.5) is 11.5 Å². The van der Waals surface area contributed by atoms with Gasteiger partial charge < -0.3 is 5.32 Å². The third kappa shape index (κ3) is 3.00. The number of fused-ring (bicyclic) bond motifs is 1. The molecule has 3 rings (SSSR count). The Morgan fingerprint density at radius 1 is 1.16 bits per heavy atom. The van der Waals surface area contributed by atoms with Gasteiger partial charge in [0.2, 0.25) is 0 Å². The van der Waals surface area contributed by atoms with Gasteiger partial charge in [0.15, 0.2) is 15.7 Å². The van der Waals surface area contributed by atoms with E-state index in [0.29, 0.717) is 10.5 Å². The summed E-state index contributed by atoms with van der Waals surface area (Å²) in [4.78, 5) is 4.73. The summed E-state index contributed by atoms with van der Waals surface area (Å²) in [6, 6.07) is 5.36. The zero-order chi connectivity index (χ0) is 18.4. The summed E-state index contributed by atoms with van der Waals surface area (Å²) < 4.78 is 25.3. The molecule has 0 amide bonds. The highest BCUT2D eigenvalue weighted by Gasteiger charge is 2.22. The highest BCUT2D eigenvalue weighted by molar-refractivity contribution is 7.92. The number of aromatic nitrogens is 3. The monoisotopic (exact) mass is 358 g/mol. The average Bonchev–Trinajstić information content (AvgIpc) is 2.86. The number of aryl methyl sites for hydroxylation is 2. The van der Waals surface area contributed by atoms with Crippen molar-refractivity contribution < 1.29 is 8.42 Å². The molecule has 0 radical (unpaired) electrons. The van der Waals surface area contributed by atoms with Crippen LogP contribution in [0.5, 0.6) is 0 Å². The molecule has 2 aromatic heterocycles. The molecule has 3 aromatic rings. The zero-order valence-electron chi connectivity index (χ0n) is 15.0. The first kappa shape index (κ1) is 17.4. The standard InChI is InChI=1S/C18H22N4O2S/c1-10(2)25(23,24)17-9-14-15(6-7-19-16(14)8-11(17)3)20-18-12(4)13(5)21-22-18/h6-10H,1-5H3,(H2,19,20,21,22). The van der Waals surface area contributed by atoms with Gasteiger partial charge in [-0.1, -0.05) is 0 Å². The largest absolute Gasteiger partial charge is 0.338 e. The molecule has 0 aliphatic carbocycles. The second-order valence-electron chi connectivity index (χ2n) is 6.53. The highest BCUT2D eigenvalue weighted by atomic mass is 32.2. The minimum Gasteiger partial charge on any atom is -0.338 e. The minimum absolute atomic E-state index is 0.348. The summed E-state index contributed by atoms with van der Waals surface area (Å²) in [7, 11) is -3.37. The number of hydrogen-bond acceptors (Lipinski definition) is 5. The molecular weight excluding hydrogens is 336 g/mol. The summed E-state index contributed by atoms with van der Waals surface area (Å²) in [6.45, 7) is 9.12. The van der Waals surface area contributed by atoms with Crippen molar-refractivity contribution in [3.63, 3.8) is 0 Å². The Balaban J connectivity index is 2.19. The Kier molecular flexibility index (Phi) is 4.28. The van der Waals surface area contributed by atoms with Crippen LogP contribution in [-0.2, 0) is 9.84 Å². The van der Waals surface area contributed by atoms with Gasteiger partial charge in [0.05, 0.1) is 21.3 Å². The second kappa shape index (κ2) is 6.15. The number of hydrogen-bond donors (Lipinski definition) is 2. The lowest BCUT2D eigenvalue weighted by molar-refractivity contribution is 0.587. The number of nitrogens with one attached hydrogen (secondary N) is 2. The predicted octanol–water partition coefficient (Wildman–Crippen LogP) is 3.81. The van der Waals surface area contributed by atoms with Gasteiger partial charge in [0, 0.05) is 22.8 Å². The SMILES string of the molecule is Cc1cc2nccc(Nc3n[nH]c(C)c3C)c2cc1S(=O)(=O)C(C)C. The van der Waals surface area contributed by atoms with E-state index in [1.54, 1.807) is 33.0 Å². The molecule has 7 heteroatoms. The van der Waals surface area contributed by atoms with Crippen molar-refractivity contribution in [1.82, 2.24) is 15.2 Å². The maximum absolute atomic E-state index is 12.7. The topological polar surface area (TPSA) is 87.7 Å². The van der Waals surface area contributed by atoms with Crippen LogP contribution in [0.15, 0.2) is 29.3 Å². The smallest absolute Gasteiger partial charge is 0.180 e. The third-order valence-electron chi connectivity index (χ3n) is 4.47. The van der Waals surface area contributed by atoms with E-state index in [-0.39, 0.29) is 0 Å². The fraction of sp³-hybridized carbons (Fsp3) is 0.333. The summed E-state index contributed by atoms with van der Waals surface area (Å²) >= 11 is 0. The molecule has 0 aliphatic heterocycles. The third-order valence-corrected chi connectivity index (χ3v) is 6.77. The molecule has 6 nitrogen and oxygen atoms in total. The van der Waals surface area contributed by atoms with Crippen LogP contribution >= 0.6 is 0 Å². The van der Waals surface area contributed by atoms with E-state index < -0.39 is 15.1 Å². The Morgan fingerprint density at radius 2 is 1.88 bits per heavy atom. The lowest BCUT2D eigenvalue weighted by Gasteiger charge is -2.14. The van der Waals surface area contributed by atoms with Crippen molar-refractivity contribution in [3.05, 3.63) is 41.2 Å². The Bertz CT molecular complexity index is 1050. The second-order valence-corrected chi connectivity index (χ2v) is 9.01. The van der Waals surface area contributed by atoms with Gasteiger partial charge in [-0.2, -0.15) is 5.10 Å². The van der Waals surface area contributed by atoms with E-state index in [1.165, 1.54) is 0 Å². The van der Waals surface area contributed by atoms with Gasteiger partial charge >= 0.3 is 0 Å². The quantitative estimate of drug-likeness (QED) is 0.740. The fourth-order valence-corrected chi connectivity index (χ4v) is 3.98. The van der Waals surface area contributed by atoms with Crippen LogP contribution in [0.2, 0.25) is 0 Å². The molecule has 0 fully saturated rings. The molecule has 0 unspecified atom stereocenters. The number of pyridine rings is 1. The molecule has 0 saturated heterocycles. The zero-order valence-corrected chi connectivity index (χ0v) is 15.8. The molecule has 0 spiro atoms. The van der Waals surface area contributed by atoms with Gasteiger partial charge in [0.1, 0.15) is 0 Å². The van der Waals surface area contributed by atoms with E-state index in [4.69, 9.17) is 0 Å². The van der Waals surface area contributed by atoms with Gasteiger partial charge in [-0.05, 0) is 58.4 Å². The molecule has 1 aromatic carbocycles. The van der Waals surface area contributed by atoms with Crippen LogP contribution in [0.1, 0.15) is 30.7 Å². The maximum atomic E-state index is 12.7. The molecule has 0 bridgehead atoms. The van der Waals surface area contributed by atoms with Gasteiger partial charge in [-0.15, -0.1) is 0 Å². The van der Waals surface area contributed by atoms with Crippen molar-refractivity contribution in [2.45, 2.75) is 44.8 Å². The molecule has 0 saturated carbocycles. The molecule has 132 valence electrons.